The molecule has 4 heteroatoms. The molecule has 0 bridgehead atoms. The summed E-state index contributed by atoms with van der Waals surface area (Å²) in [5, 5.41) is 8.70. The molecular weight excluding hydrogens is 228 g/mol. The summed E-state index contributed by atoms with van der Waals surface area (Å²) < 4.78 is 0. The molecule has 0 saturated heterocycles. The van der Waals surface area contributed by atoms with Crippen molar-refractivity contribution < 1.29 is 9.59 Å². The van der Waals surface area contributed by atoms with Gasteiger partial charge < -0.3 is 4.90 Å². The molecular formula is C14H14N2O2. The van der Waals surface area contributed by atoms with Gasteiger partial charge in [-0.25, -0.2) is 0 Å². The van der Waals surface area contributed by atoms with Crippen LogP contribution < -0.4 is 0 Å². The molecule has 0 aromatic heterocycles. The lowest BCUT2D eigenvalue weighted by atomic mass is 10.1. The van der Waals surface area contributed by atoms with Crippen molar-refractivity contribution in [2.75, 3.05) is 6.54 Å². The Morgan fingerprint density at radius 2 is 1.94 bits per heavy atom. The Labute approximate surface area is 106 Å². The molecule has 18 heavy (non-hydrogen) atoms. The highest BCUT2D eigenvalue weighted by atomic mass is 16.2. The van der Waals surface area contributed by atoms with Gasteiger partial charge in [-0.3, -0.25) is 9.59 Å². The summed E-state index contributed by atoms with van der Waals surface area (Å²) in [4.78, 5) is 25.4. The van der Waals surface area contributed by atoms with Crippen molar-refractivity contribution in [1.82, 2.24) is 4.90 Å². The van der Waals surface area contributed by atoms with Gasteiger partial charge in [0, 0.05) is 11.6 Å². The van der Waals surface area contributed by atoms with Gasteiger partial charge in [-0.15, -0.1) is 0 Å². The Hall–Kier alpha value is -2.15. The van der Waals surface area contributed by atoms with Gasteiger partial charge >= 0.3 is 0 Å². The number of aryl methyl sites for hydroxylation is 1. The Morgan fingerprint density at radius 1 is 1.33 bits per heavy atom. The van der Waals surface area contributed by atoms with Crippen LogP contribution in [-0.2, 0) is 4.79 Å². The monoisotopic (exact) mass is 242 g/mol. The third-order valence-corrected chi connectivity index (χ3v) is 3.00. The molecule has 0 N–H and O–H groups in total. The van der Waals surface area contributed by atoms with Crippen molar-refractivity contribution in [2.24, 2.45) is 0 Å². The normalized spacial score (nSPS) is 13.8. The van der Waals surface area contributed by atoms with Gasteiger partial charge in [-0.1, -0.05) is 29.8 Å². The molecule has 2 rings (SSSR count). The average molecular weight is 242 g/mol. The van der Waals surface area contributed by atoms with E-state index in [1.165, 1.54) is 4.90 Å². The number of nitriles is 1. The van der Waals surface area contributed by atoms with Crippen LogP contribution in [-0.4, -0.2) is 29.2 Å². The summed E-state index contributed by atoms with van der Waals surface area (Å²) >= 11 is 0. The first-order chi connectivity index (χ1) is 8.63. The number of benzene rings is 1. The van der Waals surface area contributed by atoms with Crippen LogP contribution in [0.3, 0.4) is 0 Å². The summed E-state index contributed by atoms with van der Waals surface area (Å²) in [7, 11) is 0. The third kappa shape index (κ3) is 2.57. The first-order valence-electron chi connectivity index (χ1n) is 5.92. The van der Waals surface area contributed by atoms with Crippen LogP contribution in [0.25, 0.3) is 0 Å². The van der Waals surface area contributed by atoms with Crippen molar-refractivity contribution in [1.29, 1.82) is 5.26 Å². The van der Waals surface area contributed by atoms with Crippen molar-refractivity contribution in [3.05, 3.63) is 35.4 Å². The minimum Gasteiger partial charge on any atom is -0.319 e. The van der Waals surface area contributed by atoms with Crippen LogP contribution >= 0.6 is 0 Å². The lowest BCUT2D eigenvalue weighted by Gasteiger charge is -2.17. The highest BCUT2D eigenvalue weighted by Crippen LogP contribution is 2.27. The number of nitrogens with zero attached hydrogens (tertiary/aromatic N) is 2. The lowest BCUT2D eigenvalue weighted by molar-refractivity contribution is -0.126. The van der Waals surface area contributed by atoms with Crippen LogP contribution in [0.5, 0.6) is 0 Å². The Morgan fingerprint density at radius 3 is 2.44 bits per heavy atom. The van der Waals surface area contributed by atoms with Gasteiger partial charge in [0.1, 0.15) is 6.54 Å². The van der Waals surface area contributed by atoms with E-state index in [-0.39, 0.29) is 12.6 Å². The van der Waals surface area contributed by atoms with Crippen LogP contribution in [0.4, 0.5) is 0 Å². The number of hydrogen-bond acceptors (Lipinski definition) is 3. The maximum atomic E-state index is 12.0. The van der Waals surface area contributed by atoms with Crippen LogP contribution in [0.2, 0.25) is 0 Å². The first kappa shape index (κ1) is 12.3. The number of amides is 1. The second-order valence-corrected chi connectivity index (χ2v) is 4.52. The summed E-state index contributed by atoms with van der Waals surface area (Å²) in [6.07, 6.45) is 1.77. The highest BCUT2D eigenvalue weighted by Gasteiger charge is 2.35. The number of ketones is 1. The van der Waals surface area contributed by atoms with E-state index in [0.717, 1.165) is 18.4 Å². The largest absolute Gasteiger partial charge is 0.319 e. The van der Waals surface area contributed by atoms with Gasteiger partial charge in [0.15, 0.2) is 0 Å². The Kier molecular flexibility index (Phi) is 3.42. The minimum absolute atomic E-state index is 0.0128. The molecule has 1 amide bonds. The van der Waals surface area contributed by atoms with Gasteiger partial charge in [0.05, 0.1) is 6.07 Å². The molecule has 0 atom stereocenters. The summed E-state index contributed by atoms with van der Waals surface area (Å²) in [5.41, 5.74) is 1.42. The maximum Gasteiger partial charge on any atom is 0.296 e. The molecule has 1 aliphatic carbocycles. The Bertz CT molecular complexity index is 510. The lowest BCUT2D eigenvalue weighted by Crippen LogP contribution is -2.38. The summed E-state index contributed by atoms with van der Waals surface area (Å²) in [6, 6.07) is 8.90. The third-order valence-electron chi connectivity index (χ3n) is 3.00. The van der Waals surface area contributed by atoms with Crippen molar-refractivity contribution >= 4 is 11.7 Å². The summed E-state index contributed by atoms with van der Waals surface area (Å²) in [6.45, 7) is 1.91. The van der Waals surface area contributed by atoms with Crippen molar-refractivity contribution in [2.45, 2.75) is 25.8 Å². The second-order valence-electron chi connectivity index (χ2n) is 4.52. The van der Waals surface area contributed by atoms with E-state index in [9.17, 15) is 9.59 Å². The quantitative estimate of drug-likeness (QED) is 0.458. The number of Topliss-reactive ketones (excluding diaryl/α,β-unsaturated/α-hetero) is 1. The topological polar surface area (TPSA) is 61.2 Å². The molecule has 0 heterocycles. The number of carbonyl (C=O) groups is 2. The zero-order chi connectivity index (χ0) is 13.1. The standard InChI is InChI=1S/C14H14N2O2/c1-10-2-4-11(5-3-10)13(17)14(18)16(9-8-15)12-6-7-12/h2-5,12H,6-7,9H2,1H3. The SMILES string of the molecule is Cc1ccc(C(=O)C(=O)N(CC#N)C2CC2)cc1. The van der Waals surface area contributed by atoms with Crippen molar-refractivity contribution in [3.63, 3.8) is 0 Å². The molecule has 0 aliphatic heterocycles. The molecule has 1 aliphatic rings. The zero-order valence-electron chi connectivity index (χ0n) is 10.2. The highest BCUT2D eigenvalue weighted by molar-refractivity contribution is 6.42. The van der Waals surface area contributed by atoms with E-state index >= 15 is 0 Å². The maximum absolute atomic E-state index is 12.0. The van der Waals surface area contributed by atoms with Crippen LogP contribution in [0.1, 0.15) is 28.8 Å². The van der Waals surface area contributed by atoms with Gasteiger partial charge in [0.2, 0.25) is 5.78 Å². The molecule has 1 fully saturated rings. The van der Waals surface area contributed by atoms with E-state index in [4.69, 9.17) is 5.26 Å². The molecule has 0 unspecified atom stereocenters. The predicted octanol–water partition coefficient (Wildman–Crippen LogP) is 1.69. The average Bonchev–Trinajstić information content (AvgIpc) is 3.19. The fraction of sp³-hybridized carbons (Fsp3) is 0.357. The van der Waals surface area contributed by atoms with E-state index in [1.54, 1.807) is 24.3 Å². The molecule has 4 nitrogen and oxygen atoms in total. The van der Waals surface area contributed by atoms with E-state index in [2.05, 4.69) is 0 Å². The molecule has 1 aromatic carbocycles. The number of rotatable bonds is 4. The summed E-state index contributed by atoms with van der Waals surface area (Å²) in [5.74, 6) is -1.10. The minimum atomic E-state index is -0.567. The number of hydrogen-bond donors (Lipinski definition) is 0. The Balaban J connectivity index is 2.14. The van der Waals surface area contributed by atoms with Crippen LogP contribution in [0, 0.1) is 18.3 Å². The van der Waals surface area contributed by atoms with E-state index < -0.39 is 11.7 Å². The van der Waals surface area contributed by atoms with E-state index in [0.29, 0.717) is 5.56 Å². The molecule has 92 valence electrons. The smallest absolute Gasteiger partial charge is 0.296 e. The van der Waals surface area contributed by atoms with Gasteiger partial charge in [-0.2, -0.15) is 5.26 Å². The predicted molar refractivity (Wildman–Crippen MR) is 65.9 cm³/mol. The van der Waals surface area contributed by atoms with Gasteiger partial charge in [-0.05, 0) is 19.8 Å². The fourth-order valence-electron chi connectivity index (χ4n) is 1.79. The van der Waals surface area contributed by atoms with Gasteiger partial charge in [0.25, 0.3) is 5.91 Å². The van der Waals surface area contributed by atoms with E-state index in [1.807, 2.05) is 13.0 Å². The molecule has 0 spiro atoms. The fourth-order valence-corrected chi connectivity index (χ4v) is 1.79. The first-order valence-corrected chi connectivity index (χ1v) is 5.92. The second kappa shape index (κ2) is 5.01. The van der Waals surface area contributed by atoms with Crippen LogP contribution in [0.15, 0.2) is 24.3 Å². The molecule has 0 radical (unpaired) electrons. The van der Waals surface area contributed by atoms with Crippen molar-refractivity contribution in [3.8, 4) is 6.07 Å². The molecule has 1 aromatic rings. The number of carbonyl (C=O) groups excluding carboxylic acids is 2. The molecule has 1 saturated carbocycles. The zero-order valence-corrected chi connectivity index (χ0v) is 10.2.